The summed E-state index contributed by atoms with van der Waals surface area (Å²) in [5.74, 6) is -3.12. The molecular formula is C8H8N2O6. The molecule has 0 amide bonds. The average Bonchev–Trinajstić information content (AvgIpc) is 2.26. The van der Waals surface area contributed by atoms with Gasteiger partial charge >= 0.3 is 5.85 Å². The maximum absolute atomic E-state index is 10.3. The summed E-state index contributed by atoms with van der Waals surface area (Å²) in [6, 6.07) is 7.78. The second kappa shape index (κ2) is 4.53. The van der Waals surface area contributed by atoms with Crippen LogP contribution in [-0.4, -0.2) is 27.4 Å². The molecule has 1 aromatic carbocycles. The molecule has 16 heavy (non-hydrogen) atoms. The molecule has 1 N–H and O–H groups in total. The Balaban J connectivity index is 2.72. The molecule has 1 aromatic rings. The van der Waals surface area contributed by atoms with Crippen molar-refractivity contribution in [2.45, 2.75) is 5.85 Å². The smallest absolute Gasteiger partial charge is 0.475 e. The lowest BCUT2D eigenvalue weighted by Crippen LogP contribution is -2.51. The number of nitrogens with zero attached hydrogens (tertiary/aromatic N) is 2. The van der Waals surface area contributed by atoms with E-state index in [4.69, 9.17) is 9.84 Å². The van der Waals surface area contributed by atoms with Crippen LogP contribution in [0.15, 0.2) is 30.3 Å². The molecule has 0 heterocycles. The fraction of sp³-hybridized carbons (Fsp3) is 0.250. The molecule has 0 aliphatic heterocycles. The van der Waals surface area contributed by atoms with Crippen LogP contribution in [0.2, 0.25) is 0 Å². The van der Waals surface area contributed by atoms with Gasteiger partial charge < -0.3 is 4.74 Å². The van der Waals surface area contributed by atoms with E-state index in [1.807, 2.05) is 0 Å². The van der Waals surface area contributed by atoms with Crippen molar-refractivity contribution >= 4 is 0 Å². The molecule has 86 valence electrons. The highest BCUT2D eigenvalue weighted by molar-refractivity contribution is 5.20. The summed E-state index contributed by atoms with van der Waals surface area (Å²) in [5, 5.41) is 29.7. The summed E-state index contributed by atoms with van der Waals surface area (Å²) in [7, 11) is 0. The van der Waals surface area contributed by atoms with Gasteiger partial charge in [-0.3, -0.25) is 25.3 Å². The number of ether oxygens (including phenoxy) is 1. The predicted molar refractivity (Wildman–Crippen MR) is 50.9 cm³/mol. The van der Waals surface area contributed by atoms with Gasteiger partial charge in [0.05, 0.1) is 0 Å². The van der Waals surface area contributed by atoms with Crippen LogP contribution in [0.1, 0.15) is 0 Å². The van der Waals surface area contributed by atoms with Crippen molar-refractivity contribution in [2.24, 2.45) is 0 Å². The van der Waals surface area contributed by atoms with Crippen LogP contribution < -0.4 is 4.74 Å². The minimum atomic E-state index is -3.32. The van der Waals surface area contributed by atoms with Crippen LogP contribution in [-0.2, 0) is 0 Å². The summed E-state index contributed by atoms with van der Waals surface area (Å²) < 4.78 is 4.76. The van der Waals surface area contributed by atoms with E-state index in [1.54, 1.807) is 18.2 Å². The van der Waals surface area contributed by atoms with Crippen molar-refractivity contribution in [3.63, 3.8) is 0 Å². The lowest BCUT2D eigenvalue weighted by molar-refractivity contribution is -0.848. The van der Waals surface area contributed by atoms with Crippen molar-refractivity contribution < 1.29 is 19.7 Å². The molecule has 0 spiro atoms. The van der Waals surface area contributed by atoms with E-state index in [0.29, 0.717) is 0 Å². The Hall–Kier alpha value is -2.22. The zero-order valence-electron chi connectivity index (χ0n) is 7.98. The number of para-hydroxylation sites is 1. The minimum absolute atomic E-state index is 0.199. The number of hydrogen-bond donors (Lipinski definition) is 1. The van der Waals surface area contributed by atoms with Gasteiger partial charge in [0.2, 0.25) is 0 Å². The standard InChI is InChI=1S/C8H8N2O6/c11-8(9(12)13,10(14)15)6-16-7-4-2-1-3-5-7/h1-5,11H,6H2. The summed E-state index contributed by atoms with van der Waals surface area (Å²) in [5.41, 5.74) is 0. The van der Waals surface area contributed by atoms with Crippen LogP contribution >= 0.6 is 0 Å². The highest BCUT2D eigenvalue weighted by Crippen LogP contribution is 2.13. The Bertz CT molecular complexity index is 379. The van der Waals surface area contributed by atoms with E-state index < -0.39 is 22.3 Å². The molecule has 0 saturated carbocycles. The Kier molecular flexibility index (Phi) is 3.36. The van der Waals surface area contributed by atoms with Crippen molar-refractivity contribution in [1.82, 2.24) is 0 Å². The van der Waals surface area contributed by atoms with Gasteiger partial charge in [-0.25, -0.2) is 0 Å². The molecule has 8 nitrogen and oxygen atoms in total. The molecule has 1 rings (SSSR count). The van der Waals surface area contributed by atoms with E-state index in [2.05, 4.69) is 0 Å². The first-order valence-corrected chi connectivity index (χ1v) is 4.16. The maximum Gasteiger partial charge on any atom is 0.610 e. The average molecular weight is 228 g/mol. The molecule has 8 heteroatoms. The second-order valence-electron chi connectivity index (χ2n) is 2.89. The lowest BCUT2D eigenvalue weighted by Gasteiger charge is -2.11. The van der Waals surface area contributed by atoms with Crippen LogP contribution in [0, 0.1) is 20.2 Å². The molecule has 0 atom stereocenters. The molecule has 0 aromatic heterocycles. The summed E-state index contributed by atoms with van der Waals surface area (Å²) in [4.78, 5) is 17.8. The zero-order valence-corrected chi connectivity index (χ0v) is 7.98. The van der Waals surface area contributed by atoms with Gasteiger partial charge in [-0.1, -0.05) is 18.2 Å². The van der Waals surface area contributed by atoms with Crippen molar-refractivity contribution in [2.75, 3.05) is 6.61 Å². The number of nitro groups is 2. The second-order valence-corrected chi connectivity index (χ2v) is 2.89. The Morgan fingerprint density at radius 2 is 1.69 bits per heavy atom. The first-order chi connectivity index (χ1) is 7.47. The quantitative estimate of drug-likeness (QED) is 0.439. The van der Waals surface area contributed by atoms with E-state index in [0.717, 1.165) is 0 Å². The molecule has 0 aliphatic rings. The molecular weight excluding hydrogens is 220 g/mol. The third-order valence-electron chi connectivity index (χ3n) is 1.76. The first-order valence-electron chi connectivity index (χ1n) is 4.16. The highest BCUT2D eigenvalue weighted by Gasteiger charge is 2.56. The molecule has 0 radical (unpaired) electrons. The molecule has 0 aliphatic carbocycles. The van der Waals surface area contributed by atoms with Crippen LogP contribution in [0.25, 0.3) is 0 Å². The Morgan fingerprint density at radius 3 is 2.12 bits per heavy atom. The van der Waals surface area contributed by atoms with E-state index in [1.165, 1.54) is 12.1 Å². The fourth-order valence-corrected chi connectivity index (χ4v) is 0.869. The fourth-order valence-electron chi connectivity index (χ4n) is 0.869. The highest BCUT2D eigenvalue weighted by atomic mass is 16.7. The molecule has 0 bridgehead atoms. The first kappa shape index (κ1) is 11.9. The number of rotatable bonds is 5. The van der Waals surface area contributed by atoms with E-state index >= 15 is 0 Å². The van der Waals surface area contributed by atoms with Gasteiger partial charge in [0.1, 0.15) is 15.6 Å². The van der Waals surface area contributed by atoms with Gasteiger partial charge in [0.25, 0.3) is 6.61 Å². The van der Waals surface area contributed by atoms with Crippen LogP contribution in [0.3, 0.4) is 0 Å². The topological polar surface area (TPSA) is 116 Å². The predicted octanol–water partition coefficient (Wildman–Crippen LogP) is 0.265. The maximum atomic E-state index is 10.3. The molecule has 0 fully saturated rings. The number of hydrogen-bond acceptors (Lipinski definition) is 6. The van der Waals surface area contributed by atoms with Crippen molar-refractivity contribution in [1.29, 1.82) is 0 Å². The lowest BCUT2D eigenvalue weighted by atomic mass is 10.3. The molecule has 0 unspecified atom stereocenters. The largest absolute Gasteiger partial charge is 0.610 e. The molecule has 0 saturated heterocycles. The van der Waals surface area contributed by atoms with Gasteiger partial charge in [-0.2, -0.15) is 0 Å². The Morgan fingerprint density at radius 1 is 1.19 bits per heavy atom. The third-order valence-corrected chi connectivity index (χ3v) is 1.76. The normalized spacial score (nSPS) is 10.8. The van der Waals surface area contributed by atoms with Crippen molar-refractivity contribution in [3.8, 4) is 5.75 Å². The monoisotopic (exact) mass is 228 g/mol. The van der Waals surface area contributed by atoms with Gasteiger partial charge in [-0.15, -0.1) is 0 Å². The number of aliphatic hydroxyl groups is 1. The summed E-state index contributed by atoms with van der Waals surface area (Å²) >= 11 is 0. The summed E-state index contributed by atoms with van der Waals surface area (Å²) in [6.45, 7) is -1.06. The van der Waals surface area contributed by atoms with Crippen LogP contribution in [0.4, 0.5) is 0 Å². The SMILES string of the molecule is O=[N+]([O-])C(O)(COc1ccccc1)[N+](=O)[O-]. The third kappa shape index (κ3) is 2.42. The van der Waals surface area contributed by atoms with Gasteiger partial charge in [-0.05, 0) is 12.1 Å². The van der Waals surface area contributed by atoms with E-state index in [-0.39, 0.29) is 5.75 Å². The Labute approximate surface area is 89.4 Å². The summed E-state index contributed by atoms with van der Waals surface area (Å²) in [6.07, 6.45) is 0. The van der Waals surface area contributed by atoms with E-state index in [9.17, 15) is 20.2 Å². The zero-order chi connectivity index (χ0) is 12.2. The van der Waals surface area contributed by atoms with Crippen molar-refractivity contribution in [3.05, 3.63) is 50.6 Å². The van der Waals surface area contributed by atoms with Gasteiger partial charge in [0, 0.05) is 0 Å². The number of benzene rings is 1. The minimum Gasteiger partial charge on any atom is -0.475 e. The van der Waals surface area contributed by atoms with Crippen LogP contribution in [0.5, 0.6) is 5.75 Å². The van der Waals surface area contributed by atoms with Gasteiger partial charge in [0.15, 0.2) is 0 Å².